The molecule has 0 unspecified atom stereocenters. The van der Waals surface area contributed by atoms with Gasteiger partial charge in [0.2, 0.25) is 5.91 Å². The van der Waals surface area contributed by atoms with Crippen molar-refractivity contribution in [2.75, 3.05) is 12.3 Å². The number of amides is 1. The molecule has 2 aromatic carbocycles. The number of hydrogen-bond donors (Lipinski definition) is 1. The SMILES string of the molecule is CC(C)CCNC(=O)CSc1nc2ccccc2c(=O)n1-c1ccc(F)cc1. The molecule has 0 radical (unpaired) electrons. The van der Waals surface area contributed by atoms with Gasteiger partial charge < -0.3 is 5.32 Å². The van der Waals surface area contributed by atoms with Gasteiger partial charge in [-0.25, -0.2) is 9.37 Å². The highest BCUT2D eigenvalue weighted by Crippen LogP contribution is 2.21. The lowest BCUT2D eigenvalue weighted by molar-refractivity contribution is -0.118. The summed E-state index contributed by atoms with van der Waals surface area (Å²) in [5, 5.41) is 3.75. The van der Waals surface area contributed by atoms with E-state index in [1.54, 1.807) is 18.2 Å². The zero-order valence-corrected chi connectivity index (χ0v) is 16.6. The van der Waals surface area contributed by atoms with Gasteiger partial charge in [-0.2, -0.15) is 0 Å². The van der Waals surface area contributed by atoms with E-state index in [0.717, 1.165) is 6.42 Å². The average Bonchev–Trinajstić information content (AvgIpc) is 2.67. The summed E-state index contributed by atoms with van der Waals surface area (Å²) in [5.74, 6) is 0.158. The molecule has 7 heteroatoms. The maximum absolute atomic E-state index is 13.3. The third kappa shape index (κ3) is 4.78. The van der Waals surface area contributed by atoms with Crippen molar-refractivity contribution in [3.05, 3.63) is 64.7 Å². The van der Waals surface area contributed by atoms with Crippen LogP contribution in [0.4, 0.5) is 4.39 Å². The molecule has 0 aliphatic carbocycles. The fraction of sp³-hybridized carbons (Fsp3) is 0.286. The van der Waals surface area contributed by atoms with Gasteiger partial charge >= 0.3 is 0 Å². The Labute approximate surface area is 167 Å². The lowest BCUT2D eigenvalue weighted by Crippen LogP contribution is -2.28. The lowest BCUT2D eigenvalue weighted by atomic mass is 10.1. The van der Waals surface area contributed by atoms with Crippen LogP contribution in [-0.2, 0) is 4.79 Å². The first-order valence-electron chi connectivity index (χ1n) is 9.13. The summed E-state index contributed by atoms with van der Waals surface area (Å²) in [6.07, 6.45) is 0.908. The van der Waals surface area contributed by atoms with Crippen LogP contribution in [-0.4, -0.2) is 27.8 Å². The largest absolute Gasteiger partial charge is 0.355 e. The van der Waals surface area contributed by atoms with Crippen LogP contribution in [0.25, 0.3) is 16.6 Å². The second kappa shape index (κ2) is 9.01. The van der Waals surface area contributed by atoms with Gasteiger partial charge in [-0.15, -0.1) is 0 Å². The minimum absolute atomic E-state index is 0.112. The molecule has 0 aliphatic heterocycles. The van der Waals surface area contributed by atoms with Gasteiger partial charge in [0.25, 0.3) is 5.56 Å². The van der Waals surface area contributed by atoms with E-state index in [1.165, 1.54) is 40.6 Å². The van der Waals surface area contributed by atoms with Gasteiger partial charge in [0.1, 0.15) is 5.82 Å². The van der Waals surface area contributed by atoms with Gasteiger partial charge in [-0.3, -0.25) is 14.2 Å². The van der Waals surface area contributed by atoms with Crippen molar-refractivity contribution >= 4 is 28.6 Å². The maximum Gasteiger partial charge on any atom is 0.266 e. The standard InChI is InChI=1S/C21H22FN3O2S/c1-14(2)11-12-23-19(26)13-28-21-24-18-6-4-3-5-17(18)20(27)25(21)16-9-7-15(22)8-10-16/h3-10,14H,11-13H2,1-2H3,(H,23,26). The molecule has 5 nitrogen and oxygen atoms in total. The molecule has 3 aromatic rings. The van der Waals surface area contributed by atoms with E-state index in [-0.39, 0.29) is 23.0 Å². The smallest absolute Gasteiger partial charge is 0.266 e. The molecule has 3 rings (SSSR count). The molecule has 0 aliphatic rings. The van der Waals surface area contributed by atoms with E-state index >= 15 is 0 Å². The summed E-state index contributed by atoms with van der Waals surface area (Å²) in [6, 6.07) is 12.7. The zero-order valence-electron chi connectivity index (χ0n) is 15.8. The highest BCUT2D eigenvalue weighted by Gasteiger charge is 2.15. The normalized spacial score (nSPS) is 11.1. The van der Waals surface area contributed by atoms with E-state index < -0.39 is 0 Å². The van der Waals surface area contributed by atoms with E-state index in [2.05, 4.69) is 24.1 Å². The number of hydrogen-bond acceptors (Lipinski definition) is 4. The predicted octanol–water partition coefficient (Wildman–Crippen LogP) is 3.78. The molecule has 1 heterocycles. The highest BCUT2D eigenvalue weighted by atomic mass is 32.2. The number of halogens is 1. The van der Waals surface area contributed by atoms with Crippen LogP contribution < -0.4 is 10.9 Å². The van der Waals surface area contributed by atoms with Gasteiger partial charge in [0.15, 0.2) is 5.16 Å². The molecule has 1 amide bonds. The monoisotopic (exact) mass is 399 g/mol. The molecule has 0 atom stereocenters. The Balaban J connectivity index is 1.91. The molecule has 0 bridgehead atoms. The Morgan fingerprint density at radius 1 is 1.18 bits per heavy atom. The summed E-state index contributed by atoms with van der Waals surface area (Å²) < 4.78 is 14.7. The Kier molecular flexibility index (Phi) is 6.46. The maximum atomic E-state index is 13.3. The molecule has 0 saturated heterocycles. The number of carbonyl (C=O) groups is 1. The second-order valence-corrected chi connectivity index (χ2v) is 7.79. The molecule has 1 N–H and O–H groups in total. The Hall–Kier alpha value is -2.67. The van der Waals surface area contributed by atoms with Crippen LogP contribution in [0.2, 0.25) is 0 Å². The van der Waals surface area contributed by atoms with Crippen molar-refractivity contribution < 1.29 is 9.18 Å². The molecule has 0 fully saturated rings. The summed E-state index contributed by atoms with van der Waals surface area (Å²) in [5.41, 5.74) is 0.820. The van der Waals surface area contributed by atoms with E-state index in [9.17, 15) is 14.0 Å². The predicted molar refractivity (Wildman–Crippen MR) is 110 cm³/mol. The molecule has 0 saturated carbocycles. The Morgan fingerprint density at radius 3 is 2.61 bits per heavy atom. The van der Waals surface area contributed by atoms with Crippen molar-refractivity contribution in [1.29, 1.82) is 0 Å². The van der Waals surface area contributed by atoms with Gasteiger partial charge in [-0.1, -0.05) is 37.7 Å². The Bertz CT molecular complexity index is 1030. The van der Waals surface area contributed by atoms with Gasteiger partial charge in [0, 0.05) is 6.54 Å². The zero-order chi connectivity index (χ0) is 20.1. The summed E-state index contributed by atoms with van der Waals surface area (Å²) >= 11 is 1.19. The molecule has 1 aromatic heterocycles. The van der Waals surface area contributed by atoms with Gasteiger partial charge in [0.05, 0.1) is 22.3 Å². The molecular formula is C21H22FN3O2S. The fourth-order valence-electron chi connectivity index (χ4n) is 2.71. The first kappa shape index (κ1) is 20.1. The molecular weight excluding hydrogens is 377 g/mol. The molecule has 146 valence electrons. The Morgan fingerprint density at radius 2 is 1.89 bits per heavy atom. The first-order valence-corrected chi connectivity index (χ1v) is 10.1. The minimum Gasteiger partial charge on any atom is -0.355 e. The summed E-state index contributed by atoms with van der Waals surface area (Å²) in [4.78, 5) is 29.8. The number of nitrogens with zero attached hydrogens (tertiary/aromatic N) is 2. The van der Waals surface area contributed by atoms with Crippen LogP contribution >= 0.6 is 11.8 Å². The number of aromatic nitrogens is 2. The fourth-order valence-corrected chi connectivity index (χ4v) is 3.55. The number of benzene rings is 2. The number of thioether (sulfide) groups is 1. The number of fused-ring (bicyclic) bond motifs is 1. The quantitative estimate of drug-likeness (QED) is 0.485. The summed E-state index contributed by atoms with van der Waals surface area (Å²) in [7, 11) is 0. The molecule has 0 spiro atoms. The third-order valence-corrected chi connectivity index (χ3v) is 5.14. The van der Waals surface area contributed by atoms with Crippen molar-refractivity contribution in [3.8, 4) is 5.69 Å². The summed E-state index contributed by atoms with van der Waals surface area (Å²) in [6.45, 7) is 4.82. The lowest BCUT2D eigenvalue weighted by Gasteiger charge is -2.13. The second-order valence-electron chi connectivity index (χ2n) is 6.85. The average molecular weight is 399 g/mol. The van der Waals surface area contributed by atoms with Crippen LogP contribution in [0.3, 0.4) is 0 Å². The number of nitrogens with one attached hydrogen (secondary N) is 1. The van der Waals surface area contributed by atoms with E-state index in [1.807, 2.05) is 6.07 Å². The topological polar surface area (TPSA) is 64.0 Å². The first-order chi connectivity index (χ1) is 13.5. The minimum atomic E-state index is -0.385. The number of rotatable bonds is 7. The van der Waals surface area contributed by atoms with E-state index in [4.69, 9.17) is 0 Å². The highest BCUT2D eigenvalue weighted by molar-refractivity contribution is 7.99. The van der Waals surface area contributed by atoms with Crippen molar-refractivity contribution in [2.45, 2.75) is 25.4 Å². The number of para-hydroxylation sites is 1. The van der Waals surface area contributed by atoms with Gasteiger partial charge in [-0.05, 0) is 48.7 Å². The van der Waals surface area contributed by atoms with E-state index in [0.29, 0.717) is 34.2 Å². The van der Waals surface area contributed by atoms with Crippen LogP contribution in [0.5, 0.6) is 0 Å². The van der Waals surface area contributed by atoms with Crippen LogP contribution in [0.1, 0.15) is 20.3 Å². The third-order valence-electron chi connectivity index (χ3n) is 4.21. The van der Waals surface area contributed by atoms with Crippen molar-refractivity contribution in [2.24, 2.45) is 5.92 Å². The number of carbonyl (C=O) groups excluding carboxylic acids is 1. The van der Waals surface area contributed by atoms with Crippen LogP contribution in [0, 0.1) is 11.7 Å². The van der Waals surface area contributed by atoms with Crippen molar-refractivity contribution in [3.63, 3.8) is 0 Å². The molecule has 28 heavy (non-hydrogen) atoms. The van der Waals surface area contributed by atoms with Crippen LogP contribution in [0.15, 0.2) is 58.5 Å². The van der Waals surface area contributed by atoms with Crippen molar-refractivity contribution in [1.82, 2.24) is 14.9 Å².